The normalized spacial score (nSPS) is 16.9. The molecule has 0 bridgehead atoms. The predicted octanol–water partition coefficient (Wildman–Crippen LogP) is -8.83. The predicted molar refractivity (Wildman–Crippen MR) is 345 cm³/mol. The molecule has 12 amide bonds. The van der Waals surface area contributed by atoms with Crippen LogP contribution in [0.2, 0.25) is 0 Å². The number of nitrogens with two attached hydrogens (primary N) is 3. The molecule has 0 radical (unpaired) electrons. The lowest BCUT2D eigenvalue weighted by molar-refractivity contribution is -0.143. The molecule has 37 nitrogen and oxygen atoms in total. The summed E-state index contributed by atoms with van der Waals surface area (Å²) in [4.78, 5) is 192. The van der Waals surface area contributed by atoms with Gasteiger partial charge < -0.3 is 116 Å². The van der Waals surface area contributed by atoms with Gasteiger partial charge in [-0.25, -0.2) is 4.79 Å². The second-order valence-electron chi connectivity index (χ2n) is 23.3. The van der Waals surface area contributed by atoms with E-state index in [1.807, 2.05) is 5.32 Å². The number of hydrogen-bond acceptors (Lipinski definition) is 21. The zero-order chi connectivity index (χ0) is 73.5. The SMILES string of the molecule is CC[C@H](C)[C@H](NC(=O)[C@H](Cc1ccccc1)NC(=O)[C@H](C)N)C(=O)N[C@@H](CCCN=C(N)N)C(=O)N[C@@H](CO)C(=O)N[C@@H](CC(=O)O)C(=O)N[C@@H](CO)C(=O)NCC(=O)N1CCC[C@H]1C(=O)N[C@H](C(=O)N[C@H](C(=O)N[C@@H](CO)C(=O)N[C@@H](Cc1ccccc1)C(=O)O)[C@@H](C)O)[C@@H](C)O. The molecule has 1 fully saturated rings. The Morgan fingerprint density at radius 1 is 0.531 bits per heavy atom. The molecule has 1 saturated heterocycles. The Labute approximate surface area is 563 Å². The molecule has 0 aromatic heterocycles. The number of amides is 12. The Balaban J connectivity index is 1.71. The van der Waals surface area contributed by atoms with Gasteiger partial charge in [-0.2, -0.15) is 0 Å². The second kappa shape index (κ2) is 41.2. The Morgan fingerprint density at radius 3 is 1.44 bits per heavy atom. The van der Waals surface area contributed by atoms with Crippen molar-refractivity contribution in [3.63, 3.8) is 0 Å². The Hall–Kier alpha value is -9.95. The van der Waals surface area contributed by atoms with Crippen molar-refractivity contribution in [1.82, 2.24) is 63.4 Å². The molecule has 542 valence electrons. The molecule has 2 aromatic rings. The first-order valence-electron chi connectivity index (χ1n) is 31.4. The van der Waals surface area contributed by atoms with Gasteiger partial charge >= 0.3 is 11.9 Å². The topological polar surface area (TPSA) is 607 Å². The lowest BCUT2D eigenvalue weighted by Gasteiger charge is -2.29. The van der Waals surface area contributed by atoms with Gasteiger partial charge in [0, 0.05) is 25.9 Å². The van der Waals surface area contributed by atoms with Crippen LogP contribution in [0.5, 0.6) is 0 Å². The summed E-state index contributed by atoms with van der Waals surface area (Å²) in [6, 6.07) is -2.81. The number of nitrogens with one attached hydrogen (secondary N) is 11. The summed E-state index contributed by atoms with van der Waals surface area (Å²) in [6.07, 6.45) is -4.56. The number of carboxylic acids is 2. The summed E-state index contributed by atoms with van der Waals surface area (Å²) < 4.78 is 0. The van der Waals surface area contributed by atoms with Crippen LogP contribution in [0.15, 0.2) is 65.7 Å². The van der Waals surface area contributed by atoms with E-state index in [0.29, 0.717) is 17.5 Å². The largest absolute Gasteiger partial charge is 0.481 e. The van der Waals surface area contributed by atoms with Crippen molar-refractivity contribution in [1.29, 1.82) is 0 Å². The molecular weight excluding hydrogens is 1290 g/mol. The summed E-state index contributed by atoms with van der Waals surface area (Å²) in [5.74, 6) is -17.1. The smallest absolute Gasteiger partial charge is 0.326 e. The molecule has 0 unspecified atom stereocenters. The molecule has 1 heterocycles. The Kier molecular flexibility index (Phi) is 34.6. The second-order valence-corrected chi connectivity index (χ2v) is 23.3. The molecule has 1 aliphatic rings. The first-order chi connectivity index (χ1) is 46.3. The highest BCUT2D eigenvalue weighted by Gasteiger charge is 2.41. The number of hydrogen-bond donors (Lipinski definition) is 21. The molecule has 0 saturated carbocycles. The third kappa shape index (κ3) is 26.9. The number of nitrogens with zero attached hydrogens (tertiary/aromatic N) is 2. The van der Waals surface area contributed by atoms with Crippen molar-refractivity contribution in [3.05, 3.63) is 71.8 Å². The fraction of sp³-hybridized carbons (Fsp3) is 0.557. The van der Waals surface area contributed by atoms with Crippen LogP contribution in [0.25, 0.3) is 0 Å². The minimum absolute atomic E-state index is 0.00568. The number of aliphatic hydroxyl groups excluding tert-OH is 5. The third-order valence-electron chi connectivity index (χ3n) is 15.5. The van der Waals surface area contributed by atoms with Crippen LogP contribution in [-0.2, 0) is 80.0 Å². The standard InChI is InChI=1S/C61H92N16O21/c1-6-30(2)46(74-53(90)37(68-49(86)31(3)62)23-34-15-9-7-10-16-34)57(94)67-36(19-13-21-65-61(63)64)51(88)72-41(28-79)54(91)69-38(25-45(84)85)52(89)71-40(27-78)50(87)66-26-44(83)77-22-14-20-43(77)56(93)75-48(33(5)82)59(96)76-47(32(4)81)58(95)73-42(29-80)55(92)70-39(60(97)98)24-35-17-11-8-12-18-35/h7-12,15-18,30-33,36-43,46-48,78-82H,6,13-14,19-29,62H2,1-5H3,(H,66,87)(H,67,94)(H,68,86)(H,69,91)(H,70,92)(H,71,89)(H,72,88)(H,73,95)(H,74,90)(H,75,93)(H,76,96)(H,84,85)(H,97,98)(H4,63,64,65)/t30-,31-,32+,33+,36-,37-,38-,39-,40-,41-,42-,43-,46-,47-,48-/m0/s1. The molecule has 37 heteroatoms. The minimum Gasteiger partial charge on any atom is -0.481 e. The van der Waals surface area contributed by atoms with Crippen LogP contribution >= 0.6 is 0 Å². The van der Waals surface area contributed by atoms with Crippen LogP contribution in [0.4, 0.5) is 0 Å². The fourth-order valence-electron chi connectivity index (χ4n) is 9.75. The first kappa shape index (κ1) is 82.3. The van der Waals surface area contributed by atoms with E-state index in [-0.39, 0.29) is 57.6 Å². The van der Waals surface area contributed by atoms with Crippen LogP contribution in [0.3, 0.4) is 0 Å². The third-order valence-corrected chi connectivity index (χ3v) is 15.5. The Morgan fingerprint density at radius 2 is 0.949 bits per heavy atom. The molecule has 1 aliphatic heterocycles. The van der Waals surface area contributed by atoms with Gasteiger partial charge in [0.15, 0.2) is 5.96 Å². The molecule has 3 rings (SSSR count). The summed E-state index contributed by atoms with van der Waals surface area (Å²) >= 11 is 0. The highest BCUT2D eigenvalue weighted by molar-refractivity contribution is 6.00. The molecule has 0 spiro atoms. The number of carboxylic acid groups (broad SMARTS) is 2. The van der Waals surface area contributed by atoms with E-state index in [2.05, 4.69) is 58.2 Å². The van der Waals surface area contributed by atoms with Crippen LogP contribution in [0, 0.1) is 5.92 Å². The lowest BCUT2D eigenvalue weighted by atomic mass is 9.96. The van der Waals surface area contributed by atoms with Crippen molar-refractivity contribution in [2.24, 2.45) is 28.1 Å². The fourth-order valence-corrected chi connectivity index (χ4v) is 9.75. The van der Waals surface area contributed by atoms with E-state index in [9.17, 15) is 103 Å². The highest BCUT2D eigenvalue weighted by atomic mass is 16.4. The van der Waals surface area contributed by atoms with Gasteiger partial charge in [0.25, 0.3) is 0 Å². The summed E-state index contributed by atoms with van der Waals surface area (Å²) in [5, 5.41) is 96.2. The summed E-state index contributed by atoms with van der Waals surface area (Å²) in [6.45, 7) is 2.37. The molecule has 2 aromatic carbocycles. The monoisotopic (exact) mass is 1380 g/mol. The molecule has 24 N–H and O–H groups in total. The molecule has 15 atom stereocenters. The number of guanidine groups is 1. The molecule has 0 aliphatic carbocycles. The summed E-state index contributed by atoms with van der Waals surface area (Å²) in [7, 11) is 0. The van der Waals surface area contributed by atoms with Gasteiger partial charge in [-0.3, -0.25) is 67.3 Å². The summed E-state index contributed by atoms with van der Waals surface area (Å²) in [5.41, 5.74) is 17.9. The average molecular weight is 1390 g/mol. The first-order valence-corrected chi connectivity index (χ1v) is 31.4. The van der Waals surface area contributed by atoms with Gasteiger partial charge in [0.05, 0.1) is 51.0 Å². The number of carbonyl (C=O) groups is 14. The maximum absolute atomic E-state index is 14.2. The number of benzene rings is 2. The maximum atomic E-state index is 14.2. The van der Waals surface area contributed by atoms with Gasteiger partial charge in [-0.15, -0.1) is 0 Å². The van der Waals surface area contributed by atoms with E-state index in [1.165, 1.54) is 6.92 Å². The van der Waals surface area contributed by atoms with E-state index >= 15 is 0 Å². The molecular formula is C61H92N16O21. The minimum atomic E-state index is -2.10. The van der Waals surface area contributed by atoms with Crippen LogP contribution < -0.4 is 75.7 Å². The van der Waals surface area contributed by atoms with E-state index in [1.54, 1.807) is 74.5 Å². The number of likely N-dealkylation sites (tertiary alicyclic amines) is 1. The number of carbonyl (C=O) groups excluding carboxylic acids is 12. The van der Waals surface area contributed by atoms with Crippen LogP contribution in [0.1, 0.15) is 84.3 Å². The average Bonchev–Trinajstić information content (AvgIpc) is 1.53. The van der Waals surface area contributed by atoms with Crippen LogP contribution in [-0.4, -0.2) is 254 Å². The maximum Gasteiger partial charge on any atom is 0.326 e. The molecule has 98 heavy (non-hydrogen) atoms. The highest BCUT2D eigenvalue weighted by Crippen LogP contribution is 2.19. The van der Waals surface area contributed by atoms with Crippen molar-refractivity contribution in [2.45, 2.75) is 171 Å². The van der Waals surface area contributed by atoms with Gasteiger partial charge in [-0.05, 0) is 63.5 Å². The van der Waals surface area contributed by atoms with E-state index in [4.69, 9.17) is 17.2 Å². The van der Waals surface area contributed by atoms with E-state index < -0.39 is 206 Å². The van der Waals surface area contributed by atoms with Crippen molar-refractivity contribution < 1.29 is 103 Å². The number of aliphatic hydroxyl groups is 5. The van der Waals surface area contributed by atoms with Gasteiger partial charge in [0.2, 0.25) is 70.9 Å². The quantitative estimate of drug-likeness (QED) is 0.0167. The Bertz CT molecular complexity index is 3100. The van der Waals surface area contributed by atoms with Crippen molar-refractivity contribution in [3.8, 4) is 0 Å². The van der Waals surface area contributed by atoms with Crippen molar-refractivity contribution >= 4 is 88.8 Å². The lowest BCUT2D eigenvalue weighted by Crippen LogP contribution is -2.63. The number of rotatable bonds is 41. The zero-order valence-corrected chi connectivity index (χ0v) is 54.8. The van der Waals surface area contributed by atoms with E-state index in [0.717, 1.165) is 18.7 Å². The number of aliphatic imine (C=N–C) groups is 1. The number of aliphatic carboxylic acids is 2. The van der Waals surface area contributed by atoms with Gasteiger partial charge in [0.1, 0.15) is 66.5 Å². The zero-order valence-electron chi connectivity index (χ0n) is 54.8. The van der Waals surface area contributed by atoms with Gasteiger partial charge in [-0.1, -0.05) is 80.9 Å². The van der Waals surface area contributed by atoms with Crippen molar-refractivity contribution in [2.75, 3.05) is 39.5 Å².